The lowest BCUT2D eigenvalue weighted by atomic mass is 10.1. The summed E-state index contributed by atoms with van der Waals surface area (Å²) in [4.78, 5) is 2.34. The number of fused-ring (bicyclic) bond motifs is 3. The second kappa shape index (κ2) is 3.47. The molecule has 0 radical (unpaired) electrons. The molecular weight excluding hydrogens is 204 g/mol. The minimum Gasteiger partial charge on any atom is -0.504 e. The summed E-state index contributed by atoms with van der Waals surface area (Å²) in [5.74, 6) is -0.0861. The molecule has 0 spiro atoms. The highest BCUT2D eigenvalue weighted by Crippen LogP contribution is 2.41. The van der Waals surface area contributed by atoms with Crippen LogP contribution in [0.4, 0.5) is 11.4 Å². The van der Waals surface area contributed by atoms with Gasteiger partial charge in [0.2, 0.25) is 0 Å². The number of hydrogen-bond acceptors (Lipinski definition) is 4. The quantitative estimate of drug-likeness (QED) is 0.461. The van der Waals surface area contributed by atoms with Crippen LogP contribution in [0.25, 0.3) is 0 Å². The van der Waals surface area contributed by atoms with Crippen LogP contribution in [0.1, 0.15) is 19.3 Å². The van der Waals surface area contributed by atoms with Crippen molar-refractivity contribution in [1.82, 2.24) is 0 Å². The van der Waals surface area contributed by atoms with E-state index in [0.717, 1.165) is 30.9 Å². The fraction of sp³-hybridized carbons (Fsp3) is 0.500. The molecule has 4 heteroatoms. The van der Waals surface area contributed by atoms with Gasteiger partial charge in [0.25, 0.3) is 0 Å². The molecule has 2 aliphatic heterocycles. The SMILES string of the molecule is Oc1cc2c(cc1O)N1CCCC1CCN2. The highest BCUT2D eigenvalue weighted by molar-refractivity contribution is 5.76. The Kier molecular flexibility index (Phi) is 2.09. The normalized spacial score (nSPS) is 23.2. The number of phenolic OH excluding ortho intramolecular Hbond substituents is 2. The molecule has 2 aliphatic rings. The summed E-state index contributed by atoms with van der Waals surface area (Å²) in [5.41, 5.74) is 1.95. The predicted molar refractivity (Wildman–Crippen MR) is 63.2 cm³/mol. The lowest BCUT2D eigenvalue weighted by Gasteiger charge is -2.25. The Morgan fingerprint density at radius 3 is 2.88 bits per heavy atom. The van der Waals surface area contributed by atoms with E-state index in [-0.39, 0.29) is 11.5 Å². The standard InChI is InChI=1S/C12H16N2O2/c15-11-6-9-10(7-12(11)16)14-5-1-2-8(14)3-4-13-9/h6-8,13,15-16H,1-5H2. The first-order chi connectivity index (χ1) is 7.75. The van der Waals surface area contributed by atoms with Crippen LogP contribution in [0, 0.1) is 0 Å². The zero-order valence-corrected chi connectivity index (χ0v) is 9.11. The minimum absolute atomic E-state index is 0.0342. The van der Waals surface area contributed by atoms with E-state index in [9.17, 15) is 10.2 Å². The average molecular weight is 220 g/mol. The zero-order valence-electron chi connectivity index (χ0n) is 9.11. The number of nitrogens with zero attached hydrogens (tertiary/aromatic N) is 1. The molecule has 0 bridgehead atoms. The molecule has 1 aromatic carbocycles. The molecule has 3 N–H and O–H groups in total. The molecule has 0 aromatic heterocycles. The van der Waals surface area contributed by atoms with E-state index in [0.29, 0.717) is 6.04 Å². The van der Waals surface area contributed by atoms with Gasteiger partial charge < -0.3 is 20.4 Å². The Bertz CT molecular complexity index is 420. The van der Waals surface area contributed by atoms with Gasteiger partial charge in [-0.25, -0.2) is 0 Å². The van der Waals surface area contributed by atoms with Crippen molar-refractivity contribution in [1.29, 1.82) is 0 Å². The monoisotopic (exact) mass is 220 g/mol. The molecule has 1 aromatic rings. The summed E-state index contributed by atoms with van der Waals surface area (Å²) in [6.45, 7) is 1.97. The van der Waals surface area contributed by atoms with E-state index in [1.54, 1.807) is 12.1 Å². The van der Waals surface area contributed by atoms with Crippen LogP contribution in [0.2, 0.25) is 0 Å². The number of benzene rings is 1. The van der Waals surface area contributed by atoms with Crippen LogP contribution in [-0.2, 0) is 0 Å². The van der Waals surface area contributed by atoms with Crippen LogP contribution in [0.3, 0.4) is 0 Å². The molecule has 0 aliphatic carbocycles. The molecule has 1 unspecified atom stereocenters. The van der Waals surface area contributed by atoms with E-state index in [1.165, 1.54) is 12.8 Å². The number of phenols is 2. The third kappa shape index (κ3) is 1.37. The van der Waals surface area contributed by atoms with Gasteiger partial charge >= 0.3 is 0 Å². The summed E-state index contributed by atoms with van der Waals surface area (Å²) in [6, 6.07) is 3.87. The largest absolute Gasteiger partial charge is 0.504 e. The summed E-state index contributed by atoms with van der Waals surface area (Å²) in [7, 11) is 0. The summed E-state index contributed by atoms with van der Waals surface area (Å²) >= 11 is 0. The number of rotatable bonds is 0. The first kappa shape index (κ1) is 9.63. The molecule has 1 atom stereocenters. The van der Waals surface area contributed by atoms with E-state index in [4.69, 9.17) is 0 Å². The molecule has 0 amide bonds. The van der Waals surface area contributed by atoms with Crippen LogP contribution in [0.15, 0.2) is 12.1 Å². The Morgan fingerprint density at radius 1 is 1.19 bits per heavy atom. The Hall–Kier alpha value is -1.58. The molecule has 1 saturated heterocycles. The molecule has 86 valence electrons. The first-order valence-corrected chi connectivity index (χ1v) is 5.82. The van der Waals surface area contributed by atoms with Crippen LogP contribution in [0.5, 0.6) is 11.5 Å². The third-order valence-electron chi connectivity index (χ3n) is 3.57. The Labute approximate surface area is 94.5 Å². The topological polar surface area (TPSA) is 55.7 Å². The number of anilines is 2. The van der Waals surface area contributed by atoms with Crippen LogP contribution in [-0.4, -0.2) is 29.3 Å². The summed E-state index contributed by atoms with van der Waals surface area (Å²) in [6.07, 6.45) is 3.56. The average Bonchev–Trinajstić information content (AvgIpc) is 2.65. The molecule has 16 heavy (non-hydrogen) atoms. The van der Waals surface area contributed by atoms with Gasteiger partial charge in [0, 0.05) is 31.3 Å². The predicted octanol–water partition coefficient (Wildman–Crippen LogP) is 1.88. The van der Waals surface area contributed by atoms with Crippen molar-refractivity contribution in [2.45, 2.75) is 25.3 Å². The first-order valence-electron chi connectivity index (χ1n) is 5.82. The number of nitrogens with one attached hydrogen (secondary N) is 1. The Balaban J connectivity index is 2.09. The second-order valence-corrected chi connectivity index (χ2v) is 4.56. The molecule has 0 saturated carbocycles. The third-order valence-corrected chi connectivity index (χ3v) is 3.57. The van der Waals surface area contributed by atoms with Crippen molar-refractivity contribution < 1.29 is 10.2 Å². The maximum Gasteiger partial charge on any atom is 0.159 e. The van der Waals surface area contributed by atoms with Gasteiger partial charge in [-0.2, -0.15) is 0 Å². The van der Waals surface area contributed by atoms with Gasteiger partial charge in [-0.15, -0.1) is 0 Å². The molecule has 1 fully saturated rings. The van der Waals surface area contributed by atoms with Gasteiger partial charge in [-0.05, 0) is 19.3 Å². The minimum atomic E-state index is -0.0519. The van der Waals surface area contributed by atoms with Crippen molar-refractivity contribution in [3.8, 4) is 11.5 Å². The van der Waals surface area contributed by atoms with Gasteiger partial charge in [0.05, 0.1) is 11.4 Å². The number of hydrogen-bond donors (Lipinski definition) is 3. The fourth-order valence-electron chi connectivity index (χ4n) is 2.77. The van der Waals surface area contributed by atoms with Crippen molar-refractivity contribution in [2.75, 3.05) is 23.3 Å². The van der Waals surface area contributed by atoms with E-state index < -0.39 is 0 Å². The van der Waals surface area contributed by atoms with Crippen molar-refractivity contribution in [3.05, 3.63) is 12.1 Å². The maximum atomic E-state index is 9.58. The smallest absolute Gasteiger partial charge is 0.159 e. The van der Waals surface area contributed by atoms with Crippen LogP contribution < -0.4 is 10.2 Å². The lowest BCUT2D eigenvalue weighted by Crippen LogP contribution is -2.28. The van der Waals surface area contributed by atoms with E-state index in [2.05, 4.69) is 10.2 Å². The summed E-state index contributed by atoms with van der Waals surface area (Å²) < 4.78 is 0. The number of aromatic hydroxyl groups is 2. The maximum absolute atomic E-state index is 9.58. The van der Waals surface area contributed by atoms with Gasteiger partial charge in [-0.3, -0.25) is 0 Å². The van der Waals surface area contributed by atoms with Gasteiger partial charge in [0.15, 0.2) is 11.5 Å². The molecule has 4 nitrogen and oxygen atoms in total. The fourth-order valence-corrected chi connectivity index (χ4v) is 2.77. The van der Waals surface area contributed by atoms with Crippen molar-refractivity contribution in [2.24, 2.45) is 0 Å². The highest BCUT2D eigenvalue weighted by Gasteiger charge is 2.29. The van der Waals surface area contributed by atoms with E-state index >= 15 is 0 Å². The lowest BCUT2D eigenvalue weighted by molar-refractivity contribution is 0.404. The zero-order chi connectivity index (χ0) is 11.1. The van der Waals surface area contributed by atoms with Crippen molar-refractivity contribution in [3.63, 3.8) is 0 Å². The summed E-state index contributed by atoms with van der Waals surface area (Å²) in [5, 5.41) is 22.4. The van der Waals surface area contributed by atoms with Gasteiger partial charge in [0.1, 0.15) is 0 Å². The van der Waals surface area contributed by atoms with Crippen molar-refractivity contribution >= 4 is 11.4 Å². The molecule has 3 rings (SSSR count). The van der Waals surface area contributed by atoms with Gasteiger partial charge in [-0.1, -0.05) is 0 Å². The van der Waals surface area contributed by atoms with Crippen LogP contribution >= 0.6 is 0 Å². The second-order valence-electron chi connectivity index (χ2n) is 4.56. The highest BCUT2D eigenvalue weighted by atomic mass is 16.3. The Morgan fingerprint density at radius 2 is 2.00 bits per heavy atom. The van der Waals surface area contributed by atoms with E-state index in [1.807, 2.05) is 0 Å². The molecular formula is C12H16N2O2. The molecule has 2 heterocycles.